The fourth-order valence-corrected chi connectivity index (χ4v) is 3.09. The van der Waals surface area contributed by atoms with E-state index in [1.165, 1.54) is 11.9 Å². The van der Waals surface area contributed by atoms with Crippen molar-refractivity contribution in [2.75, 3.05) is 5.32 Å². The first kappa shape index (κ1) is 22.0. The van der Waals surface area contributed by atoms with Crippen molar-refractivity contribution in [3.05, 3.63) is 84.9 Å². The molecule has 0 unspecified atom stereocenters. The zero-order valence-corrected chi connectivity index (χ0v) is 18.7. The Balaban J connectivity index is 1.44. The molecular weight excluding hydrogens is 418 g/mol. The largest absolute Gasteiger partial charge is 0.444 e. The van der Waals surface area contributed by atoms with Crippen LogP contribution in [0.5, 0.6) is 11.6 Å². The van der Waals surface area contributed by atoms with Gasteiger partial charge in [-0.25, -0.2) is 14.8 Å². The number of ether oxygens (including phenoxy) is 2. The summed E-state index contributed by atoms with van der Waals surface area (Å²) in [5.74, 6) is 0.901. The Morgan fingerprint density at radius 3 is 2.64 bits per heavy atom. The van der Waals surface area contributed by atoms with Crippen LogP contribution in [0.15, 0.2) is 79.4 Å². The molecule has 0 fully saturated rings. The van der Waals surface area contributed by atoms with Gasteiger partial charge in [0, 0.05) is 29.6 Å². The Labute approximate surface area is 192 Å². The minimum absolute atomic E-state index is 0.380. The van der Waals surface area contributed by atoms with Crippen LogP contribution >= 0.6 is 0 Å². The van der Waals surface area contributed by atoms with E-state index in [4.69, 9.17) is 9.47 Å². The molecule has 0 aliphatic rings. The number of carbonyl (C=O) groups excluding carboxylic acids is 1. The minimum atomic E-state index is -0.579. The number of nitrogens with zero attached hydrogens (tertiary/aromatic N) is 4. The molecule has 0 aliphatic carbocycles. The number of hydrogen-bond acceptors (Lipinski definition) is 6. The number of nitrogens with one attached hydrogen (secondary N) is 1. The monoisotopic (exact) mass is 443 g/mol. The van der Waals surface area contributed by atoms with Crippen LogP contribution in [0, 0.1) is 0 Å². The SMILES string of the molecule is CC(C)(C)OC(=O)Nc1cccc(Oc2cc(-c3cnn(Cc4ccccc4)c3)ncn2)c1. The van der Waals surface area contributed by atoms with Gasteiger partial charge in [0.05, 0.1) is 18.4 Å². The van der Waals surface area contributed by atoms with Gasteiger partial charge in [-0.1, -0.05) is 36.4 Å². The Morgan fingerprint density at radius 2 is 1.85 bits per heavy atom. The Morgan fingerprint density at radius 1 is 1.03 bits per heavy atom. The highest BCUT2D eigenvalue weighted by atomic mass is 16.6. The van der Waals surface area contributed by atoms with Crippen LogP contribution in [-0.4, -0.2) is 31.4 Å². The van der Waals surface area contributed by atoms with Crippen LogP contribution in [0.4, 0.5) is 10.5 Å². The third kappa shape index (κ3) is 6.39. The van der Waals surface area contributed by atoms with E-state index in [0.29, 0.717) is 29.6 Å². The smallest absolute Gasteiger partial charge is 0.412 e. The van der Waals surface area contributed by atoms with Gasteiger partial charge in [0.1, 0.15) is 17.7 Å². The number of amides is 1. The predicted molar refractivity (Wildman–Crippen MR) is 125 cm³/mol. The van der Waals surface area contributed by atoms with Crippen molar-refractivity contribution in [1.82, 2.24) is 19.7 Å². The lowest BCUT2D eigenvalue weighted by Crippen LogP contribution is -2.27. The molecular formula is C25H25N5O3. The van der Waals surface area contributed by atoms with E-state index in [2.05, 4.69) is 32.5 Å². The van der Waals surface area contributed by atoms with E-state index < -0.39 is 11.7 Å². The summed E-state index contributed by atoms with van der Waals surface area (Å²) in [4.78, 5) is 20.6. The Bertz CT molecular complexity index is 1230. The highest BCUT2D eigenvalue weighted by Gasteiger charge is 2.16. The molecule has 2 aromatic heterocycles. The van der Waals surface area contributed by atoms with Crippen LogP contribution in [-0.2, 0) is 11.3 Å². The fourth-order valence-electron chi connectivity index (χ4n) is 3.09. The molecule has 2 aromatic carbocycles. The Kier molecular flexibility index (Phi) is 6.35. The van der Waals surface area contributed by atoms with Gasteiger partial charge in [-0.2, -0.15) is 5.10 Å². The highest BCUT2D eigenvalue weighted by molar-refractivity contribution is 5.85. The molecule has 4 aromatic rings. The van der Waals surface area contributed by atoms with Crippen molar-refractivity contribution in [2.24, 2.45) is 0 Å². The maximum absolute atomic E-state index is 12.0. The maximum Gasteiger partial charge on any atom is 0.412 e. The summed E-state index contributed by atoms with van der Waals surface area (Å²) in [5.41, 5.74) is 2.70. The number of hydrogen-bond donors (Lipinski definition) is 1. The van der Waals surface area contributed by atoms with Crippen molar-refractivity contribution in [3.8, 4) is 22.9 Å². The van der Waals surface area contributed by atoms with Gasteiger partial charge in [0.2, 0.25) is 5.88 Å². The standard InChI is InChI=1S/C25H25N5O3/c1-25(2,3)33-24(31)29-20-10-7-11-21(12-20)32-23-13-22(26-17-27-23)19-14-28-30(16-19)15-18-8-5-4-6-9-18/h4-14,16-17H,15H2,1-3H3,(H,29,31). The quantitative estimate of drug-likeness (QED) is 0.421. The number of anilines is 1. The van der Waals surface area contributed by atoms with Crippen molar-refractivity contribution < 1.29 is 14.3 Å². The summed E-state index contributed by atoms with van der Waals surface area (Å²) < 4.78 is 13.0. The second kappa shape index (κ2) is 9.52. The topological polar surface area (TPSA) is 91.2 Å². The maximum atomic E-state index is 12.0. The summed E-state index contributed by atoms with van der Waals surface area (Å²) in [5, 5.41) is 7.13. The zero-order valence-electron chi connectivity index (χ0n) is 18.7. The predicted octanol–water partition coefficient (Wildman–Crippen LogP) is 5.53. The van der Waals surface area contributed by atoms with E-state index in [1.54, 1.807) is 36.5 Å². The molecule has 1 amide bonds. The van der Waals surface area contributed by atoms with Gasteiger partial charge in [0.25, 0.3) is 0 Å². The fraction of sp³-hybridized carbons (Fsp3) is 0.200. The lowest BCUT2D eigenvalue weighted by Gasteiger charge is -2.19. The minimum Gasteiger partial charge on any atom is -0.444 e. The molecule has 0 spiro atoms. The molecule has 8 heteroatoms. The van der Waals surface area contributed by atoms with E-state index in [1.807, 2.05) is 49.8 Å². The number of aromatic nitrogens is 4. The van der Waals surface area contributed by atoms with E-state index in [-0.39, 0.29) is 0 Å². The zero-order chi connectivity index (χ0) is 23.3. The van der Waals surface area contributed by atoms with E-state index >= 15 is 0 Å². The highest BCUT2D eigenvalue weighted by Crippen LogP contribution is 2.26. The first-order chi connectivity index (χ1) is 15.8. The van der Waals surface area contributed by atoms with Crippen LogP contribution in [0.3, 0.4) is 0 Å². The van der Waals surface area contributed by atoms with Gasteiger partial charge in [-0.3, -0.25) is 10.00 Å². The molecule has 0 radical (unpaired) electrons. The van der Waals surface area contributed by atoms with Gasteiger partial charge >= 0.3 is 6.09 Å². The van der Waals surface area contributed by atoms with Gasteiger partial charge in [0.15, 0.2) is 0 Å². The van der Waals surface area contributed by atoms with Crippen LogP contribution in [0.1, 0.15) is 26.3 Å². The van der Waals surface area contributed by atoms with E-state index in [9.17, 15) is 4.79 Å². The summed E-state index contributed by atoms with van der Waals surface area (Å²) in [6, 6.07) is 18.9. The molecule has 0 aliphatic heterocycles. The first-order valence-corrected chi connectivity index (χ1v) is 10.5. The van der Waals surface area contributed by atoms with Crippen LogP contribution < -0.4 is 10.1 Å². The number of carbonyl (C=O) groups is 1. The lowest BCUT2D eigenvalue weighted by atomic mass is 10.2. The van der Waals surface area contributed by atoms with Gasteiger partial charge < -0.3 is 9.47 Å². The number of rotatable bonds is 6. The van der Waals surface area contributed by atoms with Crippen molar-refractivity contribution in [3.63, 3.8) is 0 Å². The van der Waals surface area contributed by atoms with Crippen molar-refractivity contribution >= 4 is 11.8 Å². The molecule has 33 heavy (non-hydrogen) atoms. The van der Waals surface area contributed by atoms with Gasteiger partial charge in [-0.15, -0.1) is 0 Å². The first-order valence-electron chi connectivity index (χ1n) is 10.5. The molecule has 8 nitrogen and oxygen atoms in total. The average Bonchev–Trinajstić information content (AvgIpc) is 3.22. The molecule has 0 saturated carbocycles. The summed E-state index contributed by atoms with van der Waals surface area (Å²) >= 11 is 0. The molecule has 0 bridgehead atoms. The second-order valence-corrected chi connectivity index (χ2v) is 8.41. The molecule has 4 rings (SSSR count). The molecule has 1 N–H and O–H groups in total. The molecule has 2 heterocycles. The third-order valence-electron chi connectivity index (χ3n) is 4.46. The third-order valence-corrected chi connectivity index (χ3v) is 4.46. The molecule has 0 atom stereocenters. The summed E-state index contributed by atoms with van der Waals surface area (Å²) in [6.07, 6.45) is 4.61. The summed E-state index contributed by atoms with van der Waals surface area (Å²) in [7, 11) is 0. The lowest BCUT2D eigenvalue weighted by molar-refractivity contribution is 0.0636. The molecule has 168 valence electrons. The van der Waals surface area contributed by atoms with Crippen LogP contribution in [0.25, 0.3) is 11.3 Å². The normalized spacial score (nSPS) is 11.1. The second-order valence-electron chi connectivity index (χ2n) is 8.41. The average molecular weight is 444 g/mol. The summed E-state index contributed by atoms with van der Waals surface area (Å²) in [6.45, 7) is 6.10. The van der Waals surface area contributed by atoms with Crippen molar-refractivity contribution in [2.45, 2.75) is 32.9 Å². The van der Waals surface area contributed by atoms with Crippen molar-refractivity contribution in [1.29, 1.82) is 0 Å². The molecule has 0 saturated heterocycles. The Hall–Kier alpha value is -4.20. The van der Waals surface area contributed by atoms with E-state index in [0.717, 1.165) is 5.56 Å². The van der Waals surface area contributed by atoms with Crippen LogP contribution in [0.2, 0.25) is 0 Å². The number of benzene rings is 2. The van der Waals surface area contributed by atoms with Gasteiger partial charge in [-0.05, 0) is 38.5 Å².